The second kappa shape index (κ2) is 8.76. The lowest BCUT2D eigenvalue weighted by Gasteiger charge is -2.39. The fourth-order valence-corrected chi connectivity index (χ4v) is 4.67. The lowest BCUT2D eigenvalue weighted by Crippen LogP contribution is -2.55. The zero-order chi connectivity index (χ0) is 22.1. The van der Waals surface area contributed by atoms with Crippen LogP contribution in [-0.2, 0) is 4.79 Å². The number of rotatable bonds is 4. The van der Waals surface area contributed by atoms with E-state index in [2.05, 4.69) is 15.1 Å². The number of amides is 2. The van der Waals surface area contributed by atoms with Gasteiger partial charge >= 0.3 is 0 Å². The Labute approximate surface area is 180 Å². The van der Waals surface area contributed by atoms with E-state index in [1.54, 1.807) is 37.1 Å². The van der Waals surface area contributed by atoms with Gasteiger partial charge in [0.15, 0.2) is 0 Å². The summed E-state index contributed by atoms with van der Waals surface area (Å²) >= 11 is 0. The van der Waals surface area contributed by atoms with Crippen molar-refractivity contribution in [2.45, 2.75) is 38.0 Å². The van der Waals surface area contributed by atoms with Crippen molar-refractivity contribution in [1.82, 2.24) is 24.9 Å². The second-order valence-corrected chi connectivity index (χ2v) is 8.33. The fourth-order valence-electron chi connectivity index (χ4n) is 4.67. The molecule has 2 amide bonds. The van der Waals surface area contributed by atoms with Crippen LogP contribution in [0.4, 0.5) is 4.39 Å². The van der Waals surface area contributed by atoms with E-state index >= 15 is 0 Å². The van der Waals surface area contributed by atoms with Crippen molar-refractivity contribution >= 4 is 11.8 Å². The molecule has 1 aliphatic carbocycles. The van der Waals surface area contributed by atoms with E-state index in [-0.39, 0.29) is 29.7 Å². The molecule has 0 spiro atoms. The number of H-pyrrole nitrogens is 1. The van der Waals surface area contributed by atoms with Gasteiger partial charge in [0.25, 0.3) is 5.91 Å². The molecule has 2 aromatic rings. The molecule has 9 heteroatoms. The monoisotopic (exact) mass is 429 g/mol. The molecule has 1 aromatic heterocycles. The summed E-state index contributed by atoms with van der Waals surface area (Å²) in [5.41, 5.74) is 1.60. The molecule has 2 aliphatic rings. The average molecular weight is 429 g/mol. The van der Waals surface area contributed by atoms with Gasteiger partial charge in [-0.2, -0.15) is 5.10 Å². The van der Waals surface area contributed by atoms with Crippen LogP contribution in [0.2, 0.25) is 0 Å². The first-order chi connectivity index (χ1) is 14.8. The molecule has 2 N–H and O–H groups in total. The summed E-state index contributed by atoms with van der Waals surface area (Å²) in [5, 5.41) is 17.9. The zero-order valence-corrected chi connectivity index (χ0v) is 17.8. The number of nitrogens with zero attached hydrogens (tertiary/aromatic N) is 4. The molecule has 2 heterocycles. The van der Waals surface area contributed by atoms with Gasteiger partial charge in [-0.1, -0.05) is 0 Å². The number of hydrogen-bond acceptors (Lipinski definition) is 5. The van der Waals surface area contributed by atoms with Gasteiger partial charge in [0.2, 0.25) is 5.91 Å². The minimum absolute atomic E-state index is 0.0223. The summed E-state index contributed by atoms with van der Waals surface area (Å²) in [6, 6.07) is 7.26. The number of aliphatic hydroxyl groups excluding tert-OH is 1. The quantitative estimate of drug-likeness (QED) is 0.765. The molecule has 8 nitrogen and oxygen atoms in total. The van der Waals surface area contributed by atoms with Gasteiger partial charge in [0, 0.05) is 51.8 Å². The largest absolute Gasteiger partial charge is 0.389 e. The van der Waals surface area contributed by atoms with E-state index in [1.807, 2.05) is 4.90 Å². The first-order valence-electron chi connectivity index (χ1n) is 10.6. The maximum absolute atomic E-state index is 13.1. The van der Waals surface area contributed by atoms with Crippen molar-refractivity contribution in [3.05, 3.63) is 41.8 Å². The van der Waals surface area contributed by atoms with Crippen molar-refractivity contribution in [3.63, 3.8) is 0 Å². The van der Waals surface area contributed by atoms with E-state index < -0.39 is 6.10 Å². The van der Waals surface area contributed by atoms with Crippen LogP contribution in [0.1, 0.15) is 30.3 Å². The van der Waals surface area contributed by atoms with Crippen LogP contribution in [0.25, 0.3) is 11.3 Å². The number of aromatic amines is 1. The number of halogens is 1. The Balaban J connectivity index is 1.39. The van der Waals surface area contributed by atoms with Crippen LogP contribution in [0, 0.1) is 5.82 Å². The Morgan fingerprint density at radius 2 is 1.84 bits per heavy atom. The highest BCUT2D eigenvalue weighted by Gasteiger charge is 2.42. The van der Waals surface area contributed by atoms with Gasteiger partial charge in [-0.25, -0.2) is 4.39 Å². The highest BCUT2D eigenvalue weighted by molar-refractivity contribution is 5.93. The van der Waals surface area contributed by atoms with Gasteiger partial charge in [-0.15, -0.1) is 0 Å². The van der Waals surface area contributed by atoms with Crippen LogP contribution in [0.5, 0.6) is 0 Å². The molecule has 1 aliphatic heterocycles. The molecule has 1 saturated heterocycles. The summed E-state index contributed by atoms with van der Waals surface area (Å²) in [6.45, 7) is 4.37. The van der Waals surface area contributed by atoms with Crippen molar-refractivity contribution in [3.8, 4) is 11.3 Å². The molecule has 0 bridgehead atoms. The number of piperazine rings is 1. The standard InChI is InChI=1S/C22H28FN5O3/c1-14(29)27-9-11-28(12-10-27)20-8-7-19(21(20)30)26(2)22(31)18-13-17(24-25-18)15-3-5-16(23)6-4-15/h3-6,13,19-21,30H,7-12H2,1-2H3,(H,24,25)/t19-,20-,21-/m1/s1. The third kappa shape index (κ3) is 4.33. The predicted octanol–water partition coefficient (Wildman–Crippen LogP) is 1.34. The van der Waals surface area contributed by atoms with Crippen molar-refractivity contribution in [2.75, 3.05) is 33.2 Å². The van der Waals surface area contributed by atoms with Gasteiger partial charge < -0.3 is 14.9 Å². The van der Waals surface area contributed by atoms with E-state index in [0.717, 1.165) is 19.5 Å². The van der Waals surface area contributed by atoms with Gasteiger partial charge in [-0.05, 0) is 43.2 Å². The molecule has 2 fully saturated rings. The number of carbonyl (C=O) groups is 2. The second-order valence-electron chi connectivity index (χ2n) is 8.33. The summed E-state index contributed by atoms with van der Waals surface area (Å²) in [5.74, 6) is -0.496. The SMILES string of the molecule is CC(=O)N1CCN([C@@H]2CC[C@@H](N(C)C(=O)c3cc(-c4ccc(F)cc4)n[nH]3)[C@H]2O)CC1. The normalized spacial score (nSPS) is 24.4. The van der Waals surface area contributed by atoms with Crippen molar-refractivity contribution in [2.24, 2.45) is 0 Å². The fraction of sp³-hybridized carbons (Fsp3) is 0.500. The lowest BCUT2D eigenvalue weighted by molar-refractivity contribution is -0.131. The predicted molar refractivity (Wildman–Crippen MR) is 113 cm³/mol. The molecule has 4 rings (SSSR count). The van der Waals surface area contributed by atoms with Crippen LogP contribution in [-0.4, -0.2) is 93.2 Å². The first kappa shape index (κ1) is 21.5. The topological polar surface area (TPSA) is 92.8 Å². The van der Waals surface area contributed by atoms with Crippen LogP contribution in [0.3, 0.4) is 0 Å². The maximum atomic E-state index is 13.1. The average Bonchev–Trinajstić information content (AvgIpc) is 3.40. The number of nitrogens with one attached hydrogen (secondary N) is 1. The van der Waals surface area contributed by atoms with Crippen LogP contribution < -0.4 is 0 Å². The minimum atomic E-state index is -0.655. The molecule has 3 atom stereocenters. The van der Waals surface area contributed by atoms with Crippen LogP contribution >= 0.6 is 0 Å². The highest BCUT2D eigenvalue weighted by atomic mass is 19.1. The van der Waals surface area contributed by atoms with E-state index in [1.165, 1.54) is 12.1 Å². The maximum Gasteiger partial charge on any atom is 0.271 e. The molecule has 1 aromatic carbocycles. The Hall–Kier alpha value is -2.78. The van der Waals surface area contributed by atoms with Crippen molar-refractivity contribution < 1.29 is 19.1 Å². The smallest absolute Gasteiger partial charge is 0.271 e. The molecular weight excluding hydrogens is 401 g/mol. The third-order valence-electron chi connectivity index (χ3n) is 6.54. The number of benzene rings is 1. The van der Waals surface area contributed by atoms with E-state index in [9.17, 15) is 19.1 Å². The minimum Gasteiger partial charge on any atom is -0.389 e. The van der Waals surface area contributed by atoms with Gasteiger partial charge in [-0.3, -0.25) is 19.6 Å². The molecule has 1 saturated carbocycles. The van der Waals surface area contributed by atoms with Gasteiger partial charge in [0.05, 0.1) is 17.8 Å². The summed E-state index contributed by atoms with van der Waals surface area (Å²) in [7, 11) is 1.70. The number of aliphatic hydroxyl groups is 1. The molecule has 31 heavy (non-hydrogen) atoms. The third-order valence-corrected chi connectivity index (χ3v) is 6.54. The lowest BCUT2D eigenvalue weighted by atomic mass is 10.1. The molecule has 0 unspecified atom stereocenters. The van der Waals surface area contributed by atoms with E-state index in [4.69, 9.17) is 0 Å². The number of likely N-dealkylation sites (N-methyl/N-ethyl adjacent to an activating group) is 1. The summed E-state index contributed by atoms with van der Waals surface area (Å²) < 4.78 is 13.1. The Morgan fingerprint density at radius 1 is 1.16 bits per heavy atom. The van der Waals surface area contributed by atoms with E-state index in [0.29, 0.717) is 36.5 Å². The number of carbonyl (C=O) groups excluding carboxylic acids is 2. The first-order valence-corrected chi connectivity index (χ1v) is 10.6. The Bertz CT molecular complexity index is 939. The number of aromatic nitrogens is 2. The summed E-state index contributed by atoms with van der Waals surface area (Å²) in [6.07, 6.45) is 0.852. The molecular formula is C22H28FN5O3. The van der Waals surface area contributed by atoms with Crippen LogP contribution in [0.15, 0.2) is 30.3 Å². The number of hydrogen-bond donors (Lipinski definition) is 2. The highest BCUT2D eigenvalue weighted by Crippen LogP contribution is 2.30. The molecule has 166 valence electrons. The van der Waals surface area contributed by atoms with Gasteiger partial charge in [0.1, 0.15) is 11.5 Å². The summed E-state index contributed by atoms with van der Waals surface area (Å²) in [4.78, 5) is 30.2. The van der Waals surface area contributed by atoms with Crippen molar-refractivity contribution in [1.29, 1.82) is 0 Å². The molecule has 0 radical (unpaired) electrons. The zero-order valence-electron chi connectivity index (χ0n) is 17.8. The Kier molecular flexibility index (Phi) is 6.06. The Morgan fingerprint density at radius 3 is 2.48 bits per heavy atom.